The Morgan fingerprint density at radius 2 is 0.959 bits per heavy atom. The quantitative estimate of drug-likeness (QED) is 0.0113. The number of hydrogen-bond acceptors (Lipinski definition) is 14. The molecule has 16 nitrogen and oxygen atoms in total. The molecule has 5 aromatic carbocycles. The topological polar surface area (TPSA) is 210 Å². The number of nitrogens with zero attached hydrogens (tertiary/aromatic N) is 2. The van der Waals surface area contributed by atoms with Crippen LogP contribution in [0.1, 0.15) is 69.0 Å². The number of hydrogen-bond donors (Lipinski definition) is 0. The lowest BCUT2D eigenvalue weighted by molar-refractivity contribution is -0.394. The van der Waals surface area contributed by atoms with E-state index in [0.717, 1.165) is 48.6 Å². The number of carbonyl (C=O) groups is 4. The Morgan fingerprint density at radius 1 is 0.548 bits per heavy atom. The second kappa shape index (κ2) is 25.4. The molecule has 73 heavy (non-hydrogen) atoms. The number of rotatable bonds is 23. The Morgan fingerprint density at radius 3 is 1.33 bits per heavy atom. The molecule has 0 unspecified atom stereocenters. The lowest BCUT2D eigenvalue weighted by Crippen LogP contribution is -2.19. The summed E-state index contributed by atoms with van der Waals surface area (Å²) in [7, 11) is 0. The highest BCUT2D eigenvalue weighted by Gasteiger charge is 2.29. The van der Waals surface area contributed by atoms with Crippen LogP contribution in [0.2, 0.25) is 0 Å². The van der Waals surface area contributed by atoms with Gasteiger partial charge in [0.25, 0.3) is 11.4 Å². The molecule has 0 atom stereocenters. The third kappa shape index (κ3) is 18.2. The summed E-state index contributed by atoms with van der Waals surface area (Å²) in [6.07, 6.45) is -7.15. The first kappa shape index (κ1) is 55.2. The number of esters is 4. The van der Waals surface area contributed by atoms with Crippen molar-refractivity contribution in [1.82, 2.24) is 0 Å². The predicted octanol–water partition coefficient (Wildman–Crippen LogP) is 11.3. The smallest absolute Gasteiger partial charge is 0.389 e. The van der Waals surface area contributed by atoms with E-state index >= 15 is 0 Å². The van der Waals surface area contributed by atoms with Crippen LogP contribution in [-0.4, -0.2) is 72.5 Å². The standard InChI is InChI=1S/C49H38F8N2O14/c50-41-26-36(68-23-1-21-48(52,53)54)14-17-39(41)46(62)72-34-10-3-30(4-11-34)7-19-44(60)70-28-32(38-16-9-33(58(64)65)25-43(38)59(66)67)29-71-45(61)20-8-31-5-12-35(13-6-31)73-47(63)40-18-15-37(27-42(40)51)69-24-2-22-49(55,56)57/h3-20,25-27,32H,1-2,21-24,28-29H2/b19-7+,20-8+. The highest BCUT2D eigenvalue weighted by Crippen LogP contribution is 2.32. The molecule has 0 aromatic heterocycles. The molecule has 5 aromatic rings. The molecule has 0 fully saturated rings. The average Bonchev–Trinajstić information content (AvgIpc) is 3.33. The van der Waals surface area contributed by atoms with Crippen molar-refractivity contribution in [3.05, 3.63) is 175 Å². The molecule has 0 N–H and O–H groups in total. The number of halogens is 8. The monoisotopic (exact) mass is 1030 g/mol. The van der Waals surface area contributed by atoms with Gasteiger partial charge >= 0.3 is 36.2 Å². The summed E-state index contributed by atoms with van der Waals surface area (Å²) in [5.74, 6) is -7.79. The van der Waals surface area contributed by atoms with Crippen LogP contribution in [0.4, 0.5) is 46.5 Å². The fourth-order valence-corrected chi connectivity index (χ4v) is 6.21. The molecule has 0 aliphatic heterocycles. The lowest BCUT2D eigenvalue weighted by atomic mass is 9.98. The molecule has 0 bridgehead atoms. The second-order valence-electron chi connectivity index (χ2n) is 15.2. The van der Waals surface area contributed by atoms with Gasteiger partial charge in [0.15, 0.2) is 0 Å². The number of nitro benzene ring substituents is 2. The van der Waals surface area contributed by atoms with Crippen molar-refractivity contribution in [3.63, 3.8) is 0 Å². The predicted molar refractivity (Wildman–Crippen MR) is 240 cm³/mol. The molecule has 384 valence electrons. The number of benzene rings is 5. The summed E-state index contributed by atoms with van der Waals surface area (Å²) >= 11 is 0. The van der Waals surface area contributed by atoms with Crippen LogP contribution < -0.4 is 18.9 Å². The van der Waals surface area contributed by atoms with E-state index in [0.29, 0.717) is 17.2 Å². The molecule has 0 radical (unpaired) electrons. The van der Waals surface area contributed by atoms with Crippen LogP contribution in [0.3, 0.4) is 0 Å². The number of non-ortho nitro benzene ring substituents is 1. The minimum Gasteiger partial charge on any atom is -0.493 e. The van der Waals surface area contributed by atoms with E-state index in [1.807, 2.05) is 0 Å². The molecule has 5 rings (SSSR count). The summed E-state index contributed by atoms with van der Waals surface area (Å²) in [5.41, 5.74) is -1.81. The van der Waals surface area contributed by atoms with Gasteiger partial charge in [-0.1, -0.05) is 24.3 Å². The largest absolute Gasteiger partial charge is 0.493 e. The number of carbonyl (C=O) groups excluding carboxylic acids is 4. The van der Waals surface area contributed by atoms with Gasteiger partial charge in [0, 0.05) is 48.8 Å². The molecular weight excluding hydrogens is 993 g/mol. The first-order valence-electron chi connectivity index (χ1n) is 21.3. The Hall–Kier alpha value is -8.70. The molecule has 0 amide bonds. The van der Waals surface area contributed by atoms with Gasteiger partial charge in [0.05, 0.1) is 46.2 Å². The van der Waals surface area contributed by atoms with Gasteiger partial charge in [-0.05, 0) is 90.7 Å². The van der Waals surface area contributed by atoms with Crippen molar-refractivity contribution in [3.8, 4) is 23.0 Å². The van der Waals surface area contributed by atoms with Crippen molar-refractivity contribution in [2.75, 3.05) is 26.4 Å². The zero-order valence-electron chi connectivity index (χ0n) is 37.5. The van der Waals surface area contributed by atoms with E-state index < -0.39 is 112 Å². The van der Waals surface area contributed by atoms with Crippen molar-refractivity contribution in [2.45, 2.75) is 44.0 Å². The van der Waals surface area contributed by atoms with Crippen LogP contribution in [-0.2, 0) is 19.1 Å². The van der Waals surface area contributed by atoms with E-state index in [4.69, 9.17) is 28.4 Å². The van der Waals surface area contributed by atoms with Gasteiger partial charge in [-0.25, -0.2) is 28.0 Å². The minimum atomic E-state index is -4.37. The van der Waals surface area contributed by atoms with E-state index in [1.165, 1.54) is 72.8 Å². The van der Waals surface area contributed by atoms with Gasteiger partial charge < -0.3 is 28.4 Å². The molecule has 24 heteroatoms. The van der Waals surface area contributed by atoms with Gasteiger partial charge in [0.1, 0.15) is 47.8 Å². The maximum Gasteiger partial charge on any atom is 0.389 e. The molecule has 0 aliphatic carbocycles. The molecule has 0 aliphatic rings. The van der Waals surface area contributed by atoms with Gasteiger partial charge in [-0.3, -0.25) is 20.2 Å². The van der Waals surface area contributed by atoms with Crippen LogP contribution in [0.5, 0.6) is 23.0 Å². The Labute approximate surface area is 407 Å². The first-order chi connectivity index (χ1) is 34.5. The zero-order chi connectivity index (χ0) is 53.3. The van der Waals surface area contributed by atoms with Gasteiger partial charge in [0.2, 0.25) is 0 Å². The first-order valence-corrected chi connectivity index (χ1v) is 21.3. The second-order valence-corrected chi connectivity index (χ2v) is 15.2. The minimum absolute atomic E-state index is 0.0375. The third-order valence-electron chi connectivity index (χ3n) is 9.79. The normalized spacial score (nSPS) is 11.6. The summed E-state index contributed by atoms with van der Waals surface area (Å²) in [6.45, 7) is -1.95. The molecule has 0 heterocycles. The van der Waals surface area contributed by atoms with Crippen LogP contribution in [0, 0.1) is 31.9 Å². The van der Waals surface area contributed by atoms with Crippen LogP contribution in [0.15, 0.2) is 115 Å². The Balaban J connectivity index is 1.15. The van der Waals surface area contributed by atoms with Crippen molar-refractivity contribution < 1.29 is 92.6 Å². The number of nitro groups is 2. The zero-order valence-corrected chi connectivity index (χ0v) is 37.5. The Bertz CT molecular complexity index is 2700. The fourth-order valence-electron chi connectivity index (χ4n) is 6.21. The van der Waals surface area contributed by atoms with E-state index in [2.05, 4.69) is 0 Å². The van der Waals surface area contributed by atoms with E-state index in [1.54, 1.807) is 0 Å². The van der Waals surface area contributed by atoms with E-state index in [9.17, 15) is 74.5 Å². The molecule has 0 saturated carbocycles. The van der Waals surface area contributed by atoms with E-state index in [-0.39, 0.29) is 54.6 Å². The van der Waals surface area contributed by atoms with Crippen LogP contribution >= 0.6 is 0 Å². The average molecular weight is 1030 g/mol. The summed E-state index contributed by atoms with van der Waals surface area (Å²) in [4.78, 5) is 72.4. The molecule has 0 spiro atoms. The molecular formula is C49H38F8N2O14. The van der Waals surface area contributed by atoms with Crippen LogP contribution in [0.25, 0.3) is 12.2 Å². The summed E-state index contributed by atoms with van der Waals surface area (Å²) in [6, 6.07) is 19.6. The summed E-state index contributed by atoms with van der Waals surface area (Å²) in [5, 5.41) is 23.4. The van der Waals surface area contributed by atoms with Crippen molar-refractivity contribution in [2.24, 2.45) is 0 Å². The highest BCUT2D eigenvalue weighted by molar-refractivity contribution is 5.92. The SMILES string of the molecule is O=C(/C=C/c1ccc(OC(=O)c2ccc(OCCCC(F)(F)F)cc2F)cc1)OCC(COC(=O)/C=C/c1ccc(OC(=O)c2ccc(OCCCC(F)(F)F)cc2F)cc1)c1ccc([N+](=O)[O-])cc1[N+](=O)[O-]. The van der Waals surface area contributed by atoms with Gasteiger partial charge in [-0.2, -0.15) is 26.3 Å². The van der Waals surface area contributed by atoms with Crippen molar-refractivity contribution in [1.29, 1.82) is 0 Å². The van der Waals surface area contributed by atoms with Crippen molar-refractivity contribution >= 4 is 47.4 Å². The maximum atomic E-state index is 14.6. The number of ether oxygens (including phenoxy) is 6. The Kier molecular flexibility index (Phi) is 19.2. The third-order valence-corrected chi connectivity index (χ3v) is 9.79. The summed E-state index contributed by atoms with van der Waals surface area (Å²) < 4.78 is 134. The fraction of sp³-hybridized carbons (Fsp3) is 0.224. The highest BCUT2D eigenvalue weighted by atomic mass is 19.4. The molecule has 0 saturated heterocycles. The number of alkyl halides is 6. The maximum absolute atomic E-state index is 14.6. The lowest BCUT2D eigenvalue weighted by Gasteiger charge is -2.17. The van der Waals surface area contributed by atoms with Gasteiger partial charge in [-0.15, -0.1) is 0 Å².